The Hall–Kier alpha value is -1.88. The second-order valence-corrected chi connectivity index (χ2v) is 4.66. The van der Waals surface area contributed by atoms with Crippen molar-refractivity contribution in [1.82, 2.24) is 14.5 Å². The maximum Gasteiger partial charge on any atom is 0.239 e. The molecule has 0 saturated carbocycles. The van der Waals surface area contributed by atoms with Crippen LogP contribution in [0, 0.1) is 0 Å². The molecule has 0 aromatic carbocycles. The van der Waals surface area contributed by atoms with E-state index in [-0.39, 0.29) is 11.9 Å². The van der Waals surface area contributed by atoms with Crippen molar-refractivity contribution in [3.8, 4) is 0 Å². The first-order valence-electron chi connectivity index (χ1n) is 6.19. The van der Waals surface area contributed by atoms with Crippen molar-refractivity contribution in [3.05, 3.63) is 30.7 Å². The van der Waals surface area contributed by atoms with Gasteiger partial charge in [0, 0.05) is 43.6 Å². The fourth-order valence-corrected chi connectivity index (χ4v) is 2.45. The van der Waals surface area contributed by atoms with Gasteiger partial charge in [-0.05, 0) is 18.6 Å². The van der Waals surface area contributed by atoms with Gasteiger partial charge in [0.25, 0.3) is 0 Å². The van der Waals surface area contributed by atoms with Crippen molar-refractivity contribution in [2.45, 2.75) is 19.0 Å². The van der Waals surface area contributed by atoms with Crippen LogP contribution in [0.1, 0.15) is 6.42 Å². The van der Waals surface area contributed by atoms with Crippen molar-refractivity contribution in [2.24, 2.45) is 5.73 Å². The summed E-state index contributed by atoms with van der Waals surface area (Å²) in [5, 5.41) is 1.13. The van der Waals surface area contributed by atoms with Gasteiger partial charge in [0.15, 0.2) is 0 Å². The van der Waals surface area contributed by atoms with Crippen LogP contribution >= 0.6 is 0 Å². The predicted octanol–water partition coefficient (Wildman–Crippen LogP) is 0.596. The fraction of sp³-hybridized carbons (Fsp3) is 0.385. The van der Waals surface area contributed by atoms with Crippen LogP contribution in [0.4, 0.5) is 0 Å². The number of likely N-dealkylation sites (tertiary alicyclic amines) is 1. The number of fused-ring (bicyclic) bond motifs is 1. The summed E-state index contributed by atoms with van der Waals surface area (Å²) in [7, 11) is 0. The molecule has 1 amide bonds. The van der Waals surface area contributed by atoms with Gasteiger partial charge in [0.2, 0.25) is 5.91 Å². The number of aromatic nitrogens is 2. The molecule has 1 fully saturated rings. The third-order valence-electron chi connectivity index (χ3n) is 3.52. The standard InChI is InChI=1S/C13H16N4O/c14-11-3-6-17(13(11)18)8-7-16-5-2-10-9-15-4-1-12(10)16/h1-2,4-5,9,11H,3,6-8,14H2. The topological polar surface area (TPSA) is 64.2 Å². The molecule has 1 saturated heterocycles. The Morgan fingerprint density at radius 2 is 2.28 bits per heavy atom. The lowest BCUT2D eigenvalue weighted by atomic mass is 10.3. The molecule has 1 unspecified atom stereocenters. The minimum absolute atomic E-state index is 0.0770. The van der Waals surface area contributed by atoms with E-state index in [0.717, 1.165) is 37.0 Å². The highest BCUT2D eigenvalue weighted by atomic mass is 16.2. The van der Waals surface area contributed by atoms with E-state index in [4.69, 9.17) is 5.73 Å². The first-order chi connectivity index (χ1) is 8.75. The molecule has 2 N–H and O–H groups in total. The third-order valence-corrected chi connectivity index (χ3v) is 3.52. The smallest absolute Gasteiger partial charge is 0.239 e. The van der Waals surface area contributed by atoms with Gasteiger partial charge in [-0.3, -0.25) is 9.78 Å². The normalized spacial score (nSPS) is 19.9. The van der Waals surface area contributed by atoms with Gasteiger partial charge >= 0.3 is 0 Å². The van der Waals surface area contributed by atoms with E-state index in [0.29, 0.717) is 0 Å². The second kappa shape index (κ2) is 4.42. The molecule has 5 nitrogen and oxygen atoms in total. The Balaban J connectivity index is 1.72. The molecule has 5 heteroatoms. The highest BCUT2D eigenvalue weighted by molar-refractivity contribution is 5.83. The molecular formula is C13H16N4O. The van der Waals surface area contributed by atoms with Gasteiger partial charge in [-0.2, -0.15) is 0 Å². The number of carbonyl (C=O) groups is 1. The Labute approximate surface area is 105 Å². The molecule has 2 aromatic rings. The molecule has 3 rings (SSSR count). The first-order valence-corrected chi connectivity index (χ1v) is 6.19. The van der Waals surface area contributed by atoms with Crippen molar-refractivity contribution in [3.63, 3.8) is 0 Å². The summed E-state index contributed by atoms with van der Waals surface area (Å²) in [5.41, 5.74) is 6.86. The number of nitrogens with zero attached hydrogens (tertiary/aromatic N) is 3. The average Bonchev–Trinajstić information content (AvgIpc) is 2.94. The number of hydrogen-bond acceptors (Lipinski definition) is 3. The molecule has 94 valence electrons. The van der Waals surface area contributed by atoms with Crippen LogP contribution < -0.4 is 5.73 Å². The van der Waals surface area contributed by atoms with Gasteiger partial charge in [-0.25, -0.2) is 0 Å². The van der Waals surface area contributed by atoms with Crippen LogP contribution in [0.5, 0.6) is 0 Å². The maximum absolute atomic E-state index is 11.7. The van der Waals surface area contributed by atoms with E-state index >= 15 is 0 Å². The van der Waals surface area contributed by atoms with Gasteiger partial charge in [-0.15, -0.1) is 0 Å². The molecule has 1 atom stereocenters. The van der Waals surface area contributed by atoms with E-state index in [2.05, 4.69) is 9.55 Å². The minimum Gasteiger partial charge on any atom is -0.346 e. The molecule has 2 aromatic heterocycles. The van der Waals surface area contributed by atoms with E-state index in [9.17, 15) is 4.79 Å². The number of carbonyl (C=O) groups excluding carboxylic acids is 1. The van der Waals surface area contributed by atoms with E-state index < -0.39 is 0 Å². The summed E-state index contributed by atoms with van der Waals surface area (Å²) in [6, 6.07) is 3.74. The Kier molecular flexibility index (Phi) is 2.76. The zero-order valence-corrected chi connectivity index (χ0v) is 10.1. The van der Waals surface area contributed by atoms with E-state index in [1.165, 1.54) is 0 Å². The number of nitrogens with two attached hydrogens (primary N) is 1. The van der Waals surface area contributed by atoms with Gasteiger partial charge in [0.05, 0.1) is 11.6 Å². The van der Waals surface area contributed by atoms with Crippen molar-refractivity contribution >= 4 is 16.8 Å². The molecule has 1 aliphatic heterocycles. The van der Waals surface area contributed by atoms with E-state index in [1.807, 2.05) is 29.4 Å². The largest absolute Gasteiger partial charge is 0.346 e. The first kappa shape index (κ1) is 11.2. The summed E-state index contributed by atoms with van der Waals surface area (Å²) < 4.78 is 2.15. The van der Waals surface area contributed by atoms with Crippen LogP contribution in [0.3, 0.4) is 0 Å². The highest BCUT2D eigenvalue weighted by Gasteiger charge is 2.27. The Morgan fingerprint density at radius 3 is 3.06 bits per heavy atom. The van der Waals surface area contributed by atoms with Crippen LogP contribution in [-0.2, 0) is 11.3 Å². The second-order valence-electron chi connectivity index (χ2n) is 4.66. The SMILES string of the molecule is NC1CCN(CCn2ccc3cnccc32)C1=O. The lowest BCUT2D eigenvalue weighted by Gasteiger charge is -2.16. The van der Waals surface area contributed by atoms with Crippen LogP contribution in [0.15, 0.2) is 30.7 Å². The van der Waals surface area contributed by atoms with Crippen LogP contribution in [-0.4, -0.2) is 39.5 Å². The average molecular weight is 244 g/mol. The summed E-state index contributed by atoms with van der Waals surface area (Å²) in [5.74, 6) is 0.0770. The van der Waals surface area contributed by atoms with Crippen molar-refractivity contribution in [2.75, 3.05) is 13.1 Å². The quantitative estimate of drug-likeness (QED) is 0.859. The highest BCUT2D eigenvalue weighted by Crippen LogP contribution is 2.15. The predicted molar refractivity (Wildman–Crippen MR) is 68.9 cm³/mol. The Bertz CT molecular complexity index is 577. The monoisotopic (exact) mass is 244 g/mol. The molecule has 3 heterocycles. The molecule has 0 spiro atoms. The number of pyridine rings is 1. The molecule has 0 aliphatic carbocycles. The molecule has 0 bridgehead atoms. The van der Waals surface area contributed by atoms with Gasteiger partial charge in [0.1, 0.15) is 0 Å². The molecule has 0 radical (unpaired) electrons. The van der Waals surface area contributed by atoms with E-state index in [1.54, 1.807) is 6.20 Å². The summed E-state index contributed by atoms with van der Waals surface area (Å²) in [6.07, 6.45) is 6.44. The zero-order chi connectivity index (χ0) is 12.5. The number of hydrogen-bond donors (Lipinski definition) is 1. The summed E-state index contributed by atoms with van der Waals surface area (Å²) >= 11 is 0. The van der Waals surface area contributed by atoms with Crippen molar-refractivity contribution in [1.29, 1.82) is 0 Å². The summed E-state index contributed by atoms with van der Waals surface area (Å²) in [4.78, 5) is 17.6. The van der Waals surface area contributed by atoms with Crippen LogP contribution in [0.25, 0.3) is 10.9 Å². The molecular weight excluding hydrogens is 228 g/mol. The lowest BCUT2D eigenvalue weighted by molar-refractivity contribution is -0.128. The van der Waals surface area contributed by atoms with Gasteiger partial charge < -0.3 is 15.2 Å². The molecule has 1 aliphatic rings. The lowest BCUT2D eigenvalue weighted by Crippen LogP contribution is -2.35. The number of amides is 1. The zero-order valence-electron chi connectivity index (χ0n) is 10.1. The van der Waals surface area contributed by atoms with Crippen LogP contribution in [0.2, 0.25) is 0 Å². The minimum atomic E-state index is -0.296. The maximum atomic E-state index is 11.7. The summed E-state index contributed by atoms with van der Waals surface area (Å²) in [6.45, 7) is 2.30. The molecule has 18 heavy (non-hydrogen) atoms. The fourth-order valence-electron chi connectivity index (χ4n) is 2.45. The van der Waals surface area contributed by atoms with Crippen molar-refractivity contribution < 1.29 is 4.79 Å². The Morgan fingerprint density at radius 1 is 1.39 bits per heavy atom. The number of rotatable bonds is 3. The van der Waals surface area contributed by atoms with Gasteiger partial charge in [-0.1, -0.05) is 0 Å². The third kappa shape index (κ3) is 1.86.